The first-order valence-corrected chi connectivity index (χ1v) is 8.03. The highest BCUT2D eigenvalue weighted by atomic mass is 32.2. The summed E-state index contributed by atoms with van der Waals surface area (Å²) in [5.74, 6) is 1.01. The van der Waals surface area contributed by atoms with Gasteiger partial charge in [-0.1, -0.05) is 19.0 Å². The van der Waals surface area contributed by atoms with Gasteiger partial charge in [0.15, 0.2) is 0 Å². The van der Waals surface area contributed by atoms with Gasteiger partial charge in [0.2, 0.25) is 0 Å². The number of hydrogen-bond donors (Lipinski definition) is 3. The molecule has 0 radical (unpaired) electrons. The summed E-state index contributed by atoms with van der Waals surface area (Å²) < 4.78 is 11.0. The minimum Gasteiger partial charge on any atom is -0.409 e. The number of nitrogens with one attached hydrogen (secondary N) is 1. The van der Waals surface area contributed by atoms with Gasteiger partial charge in [0.05, 0.1) is 0 Å². The second-order valence-electron chi connectivity index (χ2n) is 5.39. The Morgan fingerprint density at radius 3 is 2.67 bits per heavy atom. The number of nitrogens with zero attached hydrogens (tertiary/aromatic N) is 1. The summed E-state index contributed by atoms with van der Waals surface area (Å²) in [4.78, 5) is 0. The fourth-order valence-corrected chi connectivity index (χ4v) is 2.27. The fourth-order valence-electron chi connectivity index (χ4n) is 1.59. The van der Waals surface area contributed by atoms with Crippen LogP contribution in [0, 0.1) is 5.41 Å². The van der Waals surface area contributed by atoms with E-state index in [0.29, 0.717) is 6.04 Å². The summed E-state index contributed by atoms with van der Waals surface area (Å²) >= 11 is 0. The van der Waals surface area contributed by atoms with E-state index in [9.17, 15) is 4.21 Å². The molecule has 0 aromatic rings. The molecule has 0 saturated carbocycles. The van der Waals surface area contributed by atoms with Crippen LogP contribution in [-0.4, -0.2) is 39.8 Å². The highest BCUT2D eigenvalue weighted by molar-refractivity contribution is 7.84. The van der Waals surface area contributed by atoms with Crippen molar-refractivity contribution in [2.75, 3.05) is 18.6 Å². The molecule has 4 N–H and O–H groups in total. The van der Waals surface area contributed by atoms with E-state index in [2.05, 4.69) is 17.4 Å². The van der Waals surface area contributed by atoms with Crippen LogP contribution < -0.4 is 11.1 Å². The summed E-state index contributed by atoms with van der Waals surface area (Å²) in [6.45, 7) is 6.92. The maximum Gasteiger partial charge on any atom is 0.144 e. The molecule has 0 aromatic heterocycles. The topological polar surface area (TPSA) is 87.7 Å². The summed E-state index contributed by atoms with van der Waals surface area (Å²) in [6.07, 6.45) is 4.48. The third kappa shape index (κ3) is 7.66. The van der Waals surface area contributed by atoms with Gasteiger partial charge >= 0.3 is 0 Å². The molecule has 0 aliphatic heterocycles. The SMILES string of the molecule is CC(CCS(C)=O)NCCCC(C)(C)C(N)=NO. The van der Waals surface area contributed by atoms with Crippen LogP contribution in [0.5, 0.6) is 0 Å². The van der Waals surface area contributed by atoms with Crippen LogP contribution in [0.3, 0.4) is 0 Å². The monoisotopic (exact) mass is 277 g/mol. The van der Waals surface area contributed by atoms with Crippen molar-refractivity contribution in [3.05, 3.63) is 0 Å². The quantitative estimate of drug-likeness (QED) is 0.195. The minimum atomic E-state index is -0.715. The summed E-state index contributed by atoms with van der Waals surface area (Å²) in [7, 11) is -0.715. The van der Waals surface area contributed by atoms with Crippen LogP contribution in [-0.2, 0) is 10.8 Å². The highest BCUT2D eigenvalue weighted by Gasteiger charge is 2.22. The number of hydrogen-bond acceptors (Lipinski definition) is 4. The van der Waals surface area contributed by atoms with Crippen molar-refractivity contribution < 1.29 is 9.42 Å². The molecule has 0 amide bonds. The molecule has 0 aliphatic carbocycles. The Labute approximate surface area is 113 Å². The zero-order valence-electron chi connectivity index (χ0n) is 11.9. The number of rotatable bonds is 9. The lowest BCUT2D eigenvalue weighted by molar-refractivity contribution is 0.304. The van der Waals surface area contributed by atoms with Gasteiger partial charge in [-0.3, -0.25) is 4.21 Å². The lowest BCUT2D eigenvalue weighted by atomic mass is 9.86. The molecule has 0 heterocycles. The number of nitrogens with two attached hydrogens (primary N) is 1. The molecule has 0 aromatic carbocycles. The molecule has 2 unspecified atom stereocenters. The van der Waals surface area contributed by atoms with E-state index in [1.807, 2.05) is 13.8 Å². The maximum absolute atomic E-state index is 11.0. The minimum absolute atomic E-state index is 0.273. The van der Waals surface area contributed by atoms with Gasteiger partial charge in [0.25, 0.3) is 0 Å². The third-order valence-electron chi connectivity index (χ3n) is 3.11. The molecule has 18 heavy (non-hydrogen) atoms. The second kappa shape index (κ2) is 8.48. The predicted octanol–water partition coefficient (Wildman–Crippen LogP) is 1.29. The Bertz CT molecular complexity index is 293. The van der Waals surface area contributed by atoms with Crippen LogP contribution in [0.1, 0.15) is 40.0 Å². The van der Waals surface area contributed by atoms with Crippen molar-refractivity contribution in [1.82, 2.24) is 5.32 Å². The van der Waals surface area contributed by atoms with Gasteiger partial charge in [0.1, 0.15) is 5.84 Å². The number of oxime groups is 1. The van der Waals surface area contributed by atoms with Gasteiger partial charge in [-0.15, -0.1) is 0 Å². The Morgan fingerprint density at radius 1 is 1.56 bits per heavy atom. The van der Waals surface area contributed by atoms with E-state index in [0.717, 1.165) is 31.6 Å². The zero-order valence-corrected chi connectivity index (χ0v) is 12.7. The first-order chi connectivity index (χ1) is 8.29. The largest absolute Gasteiger partial charge is 0.409 e. The smallest absolute Gasteiger partial charge is 0.144 e. The van der Waals surface area contributed by atoms with Gasteiger partial charge in [0, 0.05) is 34.3 Å². The zero-order chi connectivity index (χ0) is 14.2. The normalized spacial score (nSPS) is 16.6. The first-order valence-electron chi connectivity index (χ1n) is 6.31. The van der Waals surface area contributed by atoms with E-state index < -0.39 is 10.8 Å². The highest BCUT2D eigenvalue weighted by Crippen LogP contribution is 2.21. The van der Waals surface area contributed by atoms with Crippen LogP contribution in [0.15, 0.2) is 5.16 Å². The molecule has 0 rings (SSSR count). The Hall–Kier alpha value is -0.620. The van der Waals surface area contributed by atoms with Crippen molar-refractivity contribution in [2.24, 2.45) is 16.3 Å². The molecule has 2 atom stereocenters. The first kappa shape index (κ1) is 17.4. The molecule has 108 valence electrons. The molecule has 0 bridgehead atoms. The van der Waals surface area contributed by atoms with Gasteiger partial charge < -0.3 is 16.3 Å². The molecule has 0 fully saturated rings. The molecular weight excluding hydrogens is 250 g/mol. The van der Waals surface area contributed by atoms with E-state index >= 15 is 0 Å². The molecule has 0 aliphatic rings. The van der Waals surface area contributed by atoms with Gasteiger partial charge in [-0.25, -0.2) is 0 Å². The lowest BCUT2D eigenvalue weighted by Gasteiger charge is -2.23. The van der Waals surface area contributed by atoms with E-state index in [-0.39, 0.29) is 11.3 Å². The van der Waals surface area contributed by atoms with Crippen LogP contribution in [0.4, 0.5) is 0 Å². The Balaban J connectivity index is 3.76. The fraction of sp³-hybridized carbons (Fsp3) is 0.917. The second-order valence-corrected chi connectivity index (χ2v) is 6.95. The molecule has 5 nitrogen and oxygen atoms in total. The van der Waals surface area contributed by atoms with E-state index in [4.69, 9.17) is 10.9 Å². The maximum atomic E-state index is 11.0. The predicted molar refractivity (Wildman–Crippen MR) is 77.4 cm³/mol. The lowest BCUT2D eigenvalue weighted by Crippen LogP contribution is -2.34. The van der Waals surface area contributed by atoms with Crippen molar-refractivity contribution in [3.63, 3.8) is 0 Å². The van der Waals surface area contributed by atoms with Crippen molar-refractivity contribution >= 4 is 16.6 Å². The molecule has 6 heteroatoms. The third-order valence-corrected chi connectivity index (χ3v) is 3.92. The summed E-state index contributed by atoms with van der Waals surface area (Å²) in [5.41, 5.74) is 5.35. The standard InChI is InChI=1S/C12H27N3O2S/c1-10(6-9-18(4)17)14-8-5-7-12(2,3)11(13)15-16/h10,14,16H,5-9H2,1-4H3,(H2,13,15). The van der Waals surface area contributed by atoms with Crippen LogP contribution in [0.2, 0.25) is 0 Å². The van der Waals surface area contributed by atoms with E-state index in [1.165, 1.54) is 0 Å². The summed E-state index contributed by atoms with van der Waals surface area (Å²) in [5, 5.41) is 15.1. The molecular formula is C12H27N3O2S. The molecule has 0 spiro atoms. The summed E-state index contributed by atoms with van der Waals surface area (Å²) in [6, 6.07) is 0.376. The average molecular weight is 277 g/mol. The number of amidine groups is 1. The van der Waals surface area contributed by atoms with Crippen molar-refractivity contribution in [2.45, 2.75) is 46.1 Å². The van der Waals surface area contributed by atoms with E-state index in [1.54, 1.807) is 6.26 Å². The Kier molecular flexibility index (Phi) is 8.18. The molecule has 0 saturated heterocycles. The van der Waals surface area contributed by atoms with Crippen molar-refractivity contribution in [1.29, 1.82) is 0 Å². The van der Waals surface area contributed by atoms with Crippen LogP contribution in [0.25, 0.3) is 0 Å². The van der Waals surface area contributed by atoms with Crippen LogP contribution >= 0.6 is 0 Å². The van der Waals surface area contributed by atoms with Crippen molar-refractivity contribution in [3.8, 4) is 0 Å². The van der Waals surface area contributed by atoms with Gasteiger partial charge in [-0.2, -0.15) is 0 Å². The average Bonchev–Trinajstić information content (AvgIpc) is 2.30. The Morgan fingerprint density at radius 2 is 2.17 bits per heavy atom. The van der Waals surface area contributed by atoms with Gasteiger partial charge in [-0.05, 0) is 32.7 Å².